The van der Waals surface area contributed by atoms with E-state index in [-0.39, 0.29) is 11.9 Å². The van der Waals surface area contributed by atoms with Gasteiger partial charge in [-0.05, 0) is 48.9 Å². The average molecular weight is 377 g/mol. The van der Waals surface area contributed by atoms with Gasteiger partial charge in [0.2, 0.25) is 0 Å². The predicted molar refractivity (Wildman–Crippen MR) is 113 cm³/mol. The number of ether oxygens (including phenoxy) is 2. The van der Waals surface area contributed by atoms with Crippen molar-refractivity contribution >= 4 is 16.7 Å². The molecule has 0 saturated carbocycles. The van der Waals surface area contributed by atoms with E-state index in [0.717, 1.165) is 34.1 Å². The predicted octanol–water partition coefficient (Wildman–Crippen LogP) is 5.19. The summed E-state index contributed by atoms with van der Waals surface area (Å²) in [5, 5.41) is 5.20. The number of benzene rings is 3. The van der Waals surface area contributed by atoms with Gasteiger partial charge in [0.1, 0.15) is 11.5 Å². The van der Waals surface area contributed by atoms with E-state index in [1.54, 1.807) is 14.0 Å². The molecular formula is C24H27NO3. The third-order valence-corrected chi connectivity index (χ3v) is 4.97. The Bertz CT molecular complexity index is 962. The number of hydrogen-bond acceptors (Lipinski definition) is 3. The number of fused-ring (bicyclic) bond motifs is 1. The van der Waals surface area contributed by atoms with E-state index in [4.69, 9.17) is 9.47 Å². The quantitative estimate of drug-likeness (QED) is 0.616. The third-order valence-electron chi connectivity index (χ3n) is 4.97. The first kappa shape index (κ1) is 19.7. The van der Waals surface area contributed by atoms with Crippen LogP contribution in [0.3, 0.4) is 0 Å². The fourth-order valence-electron chi connectivity index (χ4n) is 3.37. The maximum atomic E-state index is 12.8. The number of aryl methyl sites for hydroxylation is 1. The van der Waals surface area contributed by atoms with Crippen LogP contribution in [-0.2, 0) is 4.79 Å². The molecule has 3 aromatic carbocycles. The molecule has 0 aliphatic rings. The van der Waals surface area contributed by atoms with E-state index in [0.29, 0.717) is 5.75 Å². The van der Waals surface area contributed by atoms with Gasteiger partial charge in [0, 0.05) is 5.39 Å². The van der Waals surface area contributed by atoms with Crippen LogP contribution < -0.4 is 14.8 Å². The van der Waals surface area contributed by atoms with Gasteiger partial charge in [-0.2, -0.15) is 0 Å². The number of methoxy groups -OCH3 is 1. The summed E-state index contributed by atoms with van der Waals surface area (Å²) in [5.41, 5.74) is 2.11. The highest BCUT2D eigenvalue weighted by molar-refractivity contribution is 5.89. The second-order valence-electron chi connectivity index (χ2n) is 6.94. The molecule has 0 heterocycles. The van der Waals surface area contributed by atoms with Gasteiger partial charge in [0.05, 0.1) is 13.2 Å². The summed E-state index contributed by atoms with van der Waals surface area (Å²) in [6, 6.07) is 19.8. The molecule has 1 N–H and O–H groups in total. The molecule has 0 bridgehead atoms. The summed E-state index contributed by atoms with van der Waals surface area (Å²) in [5.74, 6) is 1.43. The maximum absolute atomic E-state index is 12.8. The minimum Gasteiger partial charge on any atom is -0.496 e. The Morgan fingerprint density at radius 3 is 2.50 bits per heavy atom. The van der Waals surface area contributed by atoms with E-state index in [1.165, 1.54) is 0 Å². The summed E-state index contributed by atoms with van der Waals surface area (Å²) in [6.07, 6.45) is 0.192. The Balaban J connectivity index is 1.72. The SMILES string of the molecule is CC[C@@H](NC(=O)[C@@H](C)Oc1cccc2ccccc12)c1ccc(OC)c(C)c1. The lowest BCUT2D eigenvalue weighted by Crippen LogP contribution is -2.38. The normalized spacial score (nSPS) is 13.0. The minimum atomic E-state index is -0.598. The fraction of sp³-hybridized carbons (Fsp3) is 0.292. The van der Waals surface area contributed by atoms with Crippen molar-refractivity contribution < 1.29 is 14.3 Å². The van der Waals surface area contributed by atoms with E-state index in [1.807, 2.05) is 61.5 Å². The second kappa shape index (κ2) is 8.79. The van der Waals surface area contributed by atoms with E-state index < -0.39 is 6.10 Å². The van der Waals surface area contributed by atoms with Crippen LogP contribution in [0.2, 0.25) is 0 Å². The van der Waals surface area contributed by atoms with E-state index in [9.17, 15) is 4.79 Å². The molecule has 4 heteroatoms. The monoisotopic (exact) mass is 377 g/mol. The molecule has 0 saturated heterocycles. The van der Waals surface area contributed by atoms with Crippen LogP contribution in [0.4, 0.5) is 0 Å². The van der Waals surface area contributed by atoms with Gasteiger partial charge in [0.15, 0.2) is 6.10 Å². The zero-order valence-electron chi connectivity index (χ0n) is 16.9. The molecule has 0 fully saturated rings. The van der Waals surface area contributed by atoms with Crippen molar-refractivity contribution in [2.24, 2.45) is 0 Å². The van der Waals surface area contributed by atoms with Crippen LogP contribution in [0.5, 0.6) is 11.5 Å². The number of amides is 1. The first-order valence-corrected chi connectivity index (χ1v) is 9.62. The molecule has 3 rings (SSSR count). The molecular weight excluding hydrogens is 350 g/mol. The number of carbonyl (C=O) groups is 1. The molecule has 0 aliphatic heterocycles. The van der Waals surface area contributed by atoms with Gasteiger partial charge in [-0.3, -0.25) is 4.79 Å². The Labute approximate surface area is 166 Å². The van der Waals surface area contributed by atoms with Gasteiger partial charge in [0.25, 0.3) is 5.91 Å². The van der Waals surface area contributed by atoms with Gasteiger partial charge < -0.3 is 14.8 Å². The molecule has 0 spiro atoms. The van der Waals surface area contributed by atoms with Crippen LogP contribution in [0.15, 0.2) is 60.7 Å². The lowest BCUT2D eigenvalue weighted by Gasteiger charge is -2.22. The number of carbonyl (C=O) groups excluding carboxylic acids is 1. The number of nitrogens with one attached hydrogen (secondary N) is 1. The molecule has 1 amide bonds. The summed E-state index contributed by atoms with van der Waals surface area (Å²) in [6.45, 7) is 5.84. The zero-order valence-corrected chi connectivity index (χ0v) is 16.9. The maximum Gasteiger partial charge on any atom is 0.261 e. The Hall–Kier alpha value is -3.01. The van der Waals surface area contributed by atoms with Gasteiger partial charge in [-0.1, -0.05) is 55.5 Å². The molecule has 3 aromatic rings. The largest absolute Gasteiger partial charge is 0.496 e. The first-order chi connectivity index (χ1) is 13.5. The van der Waals surface area contributed by atoms with Crippen molar-refractivity contribution in [2.45, 2.75) is 39.3 Å². The first-order valence-electron chi connectivity index (χ1n) is 9.62. The van der Waals surface area contributed by atoms with Gasteiger partial charge >= 0.3 is 0 Å². The van der Waals surface area contributed by atoms with Gasteiger partial charge in [-0.25, -0.2) is 0 Å². The summed E-state index contributed by atoms with van der Waals surface area (Å²) < 4.78 is 11.3. The zero-order chi connectivity index (χ0) is 20.1. The standard InChI is InChI=1S/C24H27NO3/c1-5-21(19-13-14-22(27-4)16(2)15-19)25-24(26)17(3)28-23-12-8-10-18-9-6-7-11-20(18)23/h6-15,17,21H,5H2,1-4H3,(H,25,26)/t17-,21-/m1/s1. The molecule has 0 aliphatic carbocycles. The Morgan fingerprint density at radius 1 is 1.04 bits per heavy atom. The van der Waals surface area contributed by atoms with Crippen molar-refractivity contribution in [1.82, 2.24) is 5.32 Å². The summed E-state index contributed by atoms with van der Waals surface area (Å²) in [4.78, 5) is 12.8. The van der Waals surface area contributed by atoms with Crippen molar-refractivity contribution in [2.75, 3.05) is 7.11 Å². The summed E-state index contributed by atoms with van der Waals surface area (Å²) in [7, 11) is 1.66. The minimum absolute atomic E-state index is 0.0735. The molecule has 146 valence electrons. The Kier molecular flexibility index (Phi) is 6.19. The Morgan fingerprint density at radius 2 is 1.79 bits per heavy atom. The van der Waals surface area contributed by atoms with Crippen LogP contribution in [0.1, 0.15) is 37.4 Å². The third kappa shape index (κ3) is 4.28. The molecule has 28 heavy (non-hydrogen) atoms. The number of rotatable bonds is 7. The smallest absolute Gasteiger partial charge is 0.261 e. The van der Waals surface area contributed by atoms with E-state index in [2.05, 4.69) is 18.3 Å². The van der Waals surface area contributed by atoms with E-state index >= 15 is 0 Å². The highest BCUT2D eigenvalue weighted by atomic mass is 16.5. The highest BCUT2D eigenvalue weighted by Gasteiger charge is 2.20. The summed E-state index contributed by atoms with van der Waals surface area (Å²) >= 11 is 0. The fourth-order valence-corrected chi connectivity index (χ4v) is 3.37. The van der Waals surface area contributed by atoms with Crippen LogP contribution in [-0.4, -0.2) is 19.1 Å². The van der Waals surface area contributed by atoms with Crippen LogP contribution in [0, 0.1) is 6.92 Å². The van der Waals surface area contributed by atoms with Gasteiger partial charge in [-0.15, -0.1) is 0 Å². The highest BCUT2D eigenvalue weighted by Crippen LogP contribution is 2.27. The molecule has 0 unspecified atom stereocenters. The molecule has 2 atom stereocenters. The second-order valence-corrected chi connectivity index (χ2v) is 6.94. The van der Waals surface area contributed by atoms with Crippen molar-refractivity contribution in [3.05, 3.63) is 71.8 Å². The number of hydrogen-bond donors (Lipinski definition) is 1. The average Bonchev–Trinajstić information content (AvgIpc) is 2.72. The van der Waals surface area contributed by atoms with Crippen molar-refractivity contribution in [3.8, 4) is 11.5 Å². The van der Waals surface area contributed by atoms with Crippen molar-refractivity contribution in [3.63, 3.8) is 0 Å². The molecule has 0 radical (unpaired) electrons. The van der Waals surface area contributed by atoms with Crippen LogP contribution in [0.25, 0.3) is 10.8 Å². The lowest BCUT2D eigenvalue weighted by molar-refractivity contribution is -0.128. The van der Waals surface area contributed by atoms with Crippen LogP contribution >= 0.6 is 0 Å². The molecule has 4 nitrogen and oxygen atoms in total. The topological polar surface area (TPSA) is 47.6 Å². The molecule has 0 aromatic heterocycles. The lowest BCUT2D eigenvalue weighted by atomic mass is 10.0. The van der Waals surface area contributed by atoms with Crippen molar-refractivity contribution in [1.29, 1.82) is 0 Å².